The quantitative estimate of drug-likeness (QED) is 0.738. The molecule has 2 atom stereocenters. The summed E-state index contributed by atoms with van der Waals surface area (Å²) in [5.41, 5.74) is 9.96. The Hall–Kier alpha value is -0.820. The van der Waals surface area contributed by atoms with Gasteiger partial charge in [-0.15, -0.1) is 0 Å². The van der Waals surface area contributed by atoms with Gasteiger partial charge in [-0.2, -0.15) is 0 Å². The number of nitrogens with two attached hydrogens (primary N) is 1. The average molecular weight is 287 g/mol. The molecular weight excluding hydrogens is 254 g/mol. The lowest BCUT2D eigenvalue weighted by molar-refractivity contribution is 0.211. The molecular formula is C20H33N. The van der Waals surface area contributed by atoms with Gasteiger partial charge in [-0.25, -0.2) is 0 Å². The Morgan fingerprint density at radius 2 is 1.95 bits per heavy atom. The van der Waals surface area contributed by atoms with Crippen molar-refractivity contribution in [3.8, 4) is 0 Å². The third-order valence-electron chi connectivity index (χ3n) is 5.38. The van der Waals surface area contributed by atoms with Crippen LogP contribution >= 0.6 is 0 Å². The molecule has 2 unspecified atom stereocenters. The van der Waals surface area contributed by atoms with Crippen LogP contribution in [0.4, 0.5) is 0 Å². The van der Waals surface area contributed by atoms with Crippen molar-refractivity contribution >= 4 is 0 Å². The molecule has 0 aliphatic heterocycles. The molecule has 0 amide bonds. The van der Waals surface area contributed by atoms with Gasteiger partial charge in [0.25, 0.3) is 0 Å². The fourth-order valence-corrected chi connectivity index (χ4v) is 3.84. The van der Waals surface area contributed by atoms with E-state index < -0.39 is 0 Å². The standard InChI is InChI=1S/C20H33N/c1-5-8-16-9-6-10-18(15-16)20(21)13-7-11-17(12-14-20)19(2,3)4/h6,9-10,15,17H,5,7-8,11-14,21H2,1-4H3. The first-order chi connectivity index (χ1) is 9.85. The van der Waals surface area contributed by atoms with Crippen LogP contribution in [0, 0.1) is 11.3 Å². The van der Waals surface area contributed by atoms with Crippen LogP contribution in [0.25, 0.3) is 0 Å². The minimum absolute atomic E-state index is 0.107. The Morgan fingerprint density at radius 3 is 2.62 bits per heavy atom. The van der Waals surface area contributed by atoms with Crippen molar-refractivity contribution in [2.75, 3.05) is 0 Å². The molecule has 0 spiro atoms. The van der Waals surface area contributed by atoms with Crippen molar-refractivity contribution in [1.82, 2.24) is 0 Å². The molecule has 118 valence electrons. The van der Waals surface area contributed by atoms with E-state index in [4.69, 9.17) is 5.73 Å². The van der Waals surface area contributed by atoms with E-state index in [0.717, 1.165) is 25.2 Å². The first-order valence-corrected chi connectivity index (χ1v) is 8.73. The Balaban J connectivity index is 2.16. The predicted molar refractivity (Wildman–Crippen MR) is 92.3 cm³/mol. The summed E-state index contributed by atoms with van der Waals surface area (Å²) in [5.74, 6) is 0.807. The summed E-state index contributed by atoms with van der Waals surface area (Å²) >= 11 is 0. The lowest BCUT2D eigenvalue weighted by atomic mass is 9.75. The van der Waals surface area contributed by atoms with E-state index in [0.29, 0.717) is 5.41 Å². The Morgan fingerprint density at radius 1 is 1.19 bits per heavy atom. The highest BCUT2D eigenvalue weighted by Gasteiger charge is 2.34. The molecule has 1 aromatic carbocycles. The van der Waals surface area contributed by atoms with E-state index in [-0.39, 0.29) is 5.54 Å². The number of aryl methyl sites for hydroxylation is 1. The maximum absolute atomic E-state index is 6.85. The van der Waals surface area contributed by atoms with Crippen molar-refractivity contribution in [1.29, 1.82) is 0 Å². The third kappa shape index (κ3) is 4.10. The van der Waals surface area contributed by atoms with Crippen molar-refractivity contribution in [2.24, 2.45) is 17.1 Å². The van der Waals surface area contributed by atoms with Gasteiger partial charge in [0.05, 0.1) is 0 Å². The average Bonchev–Trinajstić information content (AvgIpc) is 2.62. The molecule has 0 heterocycles. The van der Waals surface area contributed by atoms with Gasteiger partial charge in [0.1, 0.15) is 0 Å². The molecule has 1 fully saturated rings. The molecule has 2 rings (SSSR count). The van der Waals surface area contributed by atoms with Crippen LogP contribution in [0.15, 0.2) is 24.3 Å². The van der Waals surface area contributed by atoms with Gasteiger partial charge in [-0.1, -0.05) is 64.8 Å². The van der Waals surface area contributed by atoms with Crippen LogP contribution < -0.4 is 5.73 Å². The highest BCUT2D eigenvalue weighted by Crippen LogP contribution is 2.42. The zero-order valence-electron chi connectivity index (χ0n) is 14.4. The SMILES string of the molecule is CCCc1cccc(C2(N)CCCC(C(C)(C)C)CC2)c1. The number of benzene rings is 1. The summed E-state index contributed by atoms with van der Waals surface area (Å²) in [6.45, 7) is 9.37. The van der Waals surface area contributed by atoms with Gasteiger partial charge >= 0.3 is 0 Å². The molecule has 0 saturated heterocycles. The minimum Gasteiger partial charge on any atom is -0.321 e. The molecule has 1 aliphatic carbocycles. The van der Waals surface area contributed by atoms with Crippen molar-refractivity contribution in [2.45, 2.75) is 78.2 Å². The second kappa shape index (κ2) is 6.52. The fraction of sp³-hybridized carbons (Fsp3) is 0.700. The first kappa shape index (κ1) is 16.5. The lowest BCUT2D eigenvalue weighted by Gasteiger charge is -2.32. The van der Waals surface area contributed by atoms with Crippen molar-refractivity contribution in [3.63, 3.8) is 0 Å². The summed E-state index contributed by atoms with van der Waals surface area (Å²) in [7, 11) is 0. The molecule has 1 saturated carbocycles. The van der Waals surface area contributed by atoms with E-state index in [9.17, 15) is 0 Å². The molecule has 21 heavy (non-hydrogen) atoms. The van der Waals surface area contributed by atoms with E-state index >= 15 is 0 Å². The topological polar surface area (TPSA) is 26.0 Å². The van der Waals surface area contributed by atoms with E-state index in [1.807, 2.05) is 0 Å². The summed E-state index contributed by atoms with van der Waals surface area (Å²) < 4.78 is 0. The van der Waals surface area contributed by atoms with Crippen LogP contribution in [-0.4, -0.2) is 0 Å². The van der Waals surface area contributed by atoms with Crippen molar-refractivity contribution in [3.05, 3.63) is 35.4 Å². The maximum atomic E-state index is 6.85. The minimum atomic E-state index is -0.107. The zero-order chi connectivity index (χ0) is 15.5. The van der Waals surface area contributed by atoms with Gasteiger partial charge in [-0.3, -0.25) is 0 Å². The summed E-state index contributed by atoms with van der Waals surface area (Å²) in [4.78, 5) is 0. The Labute approximate surface area is 131 Å². The molecule has 0 radical (unpaired) electrons. The normalized spacial score (nSPS) is 27.4. The molecule has 1 aromatic rings. The molecule has 1 heteroatoms. The number of rotatable bonds is 3. The zero-order valence-corrected chi connectivity index (χ0v) is 14.4. The summed E-state index contributed by atoms with van der Waals surface area (Å²) in [6, 6.07) is 9.05. The monoisotopic (exact) mass is 287 g/mol. The van der Waals surface area contributed by atoms with Gasteiger partial charge < -0.3 is 5.73 Å². The van der Waals surface area contributed by atoms with Gasteiger partial charge in [0.2, 0.25) is 0 Å². The van der Waals surface area contributed by atoms with Crippen LogP contribution in [-0.2, 0) is 12.0 Å². The van der Waals surface area contributed by atoms with Gasteiger partial charge in [0.15, 0.2) is 0 Å². The summed E-state index contributed by atoms with van der Waals surface area (Å²) in [6.07, 6.45) is 8.48. The summed E-state index contributed by atoms with van der Waals surface area (Å²) in [5, 5.41) is 0. The molecule has 1 nitrogen and oxygen atoms in total. The highest BCUT2D eigenvalue weighted by atomic mass is 14.7. The smallest absolute Gasteiger partial charge is 0.0409 e. The first-order valence-electron chi connectivity index (χ1n) is 8.73. The van der Waals surface area contributed by atoms with Crippen molar-refractivity contribution < 1.29 is 0 Å². The maximum Gasteiger partial charge on any atom is 0.0409 e. The Bertz CT molecular complexity index is 457. The van der Waals surface area contributed by atoms with Crippen LogP contribution in [0.2, 0.25) is 0 Å². The van der Waals surface area contributed by atoms with E-state index in [1.165, 1.54) is 36.8 Å². The largest absolute Gasteiger partial charge is 0.321 e. The second-order valence-corrected chi connectivity index (χ2v) is 8.10. The van der Waals surface area contributed by atoms with Gasteiger partial charge in [-0.05, 0) is 54.6 Å². The predicted octanol–water partition coefficient (Wildman–Crippen LogP) is 5.42. The van der Waals surface area contributed by atoms with Gasteiger partial charge in [0, 0.05) is 5.54 Å². The van der Waals surface area contributed by atoms with E-state index in [2.05, 4.69) is 52.0 Å². The molecule has 1 aliphatic rings. The Kier molecular flexibility index (Phi) is 5.14. The lowest BCUT2D eigenvalue weighted by Crippen LogP contribution is -2.36. The van der Waals surface area contributed by atoms with Crippen LogP contribution in [0.3, 0.4) is 0 Å². The highest BCUT2D eigenvalue weighted by molar-refractivity contribution is 5.30. The van der Waals surface area contributed by atoms with E-state index in [1.54, 1.807) is 0 Å². The fourth-order valence-electron chi connectivity index (χ4n) is 3.84. The number of hydrogen-bond acceptors (Lipinski definition) is 1. The van der Waals surface area contributed by atoms with Crippen LogP contribution in [0.1, 0.15) is 77.3 Å². The molecule has 0 aromatic heterocycles. The second-order valence-electron chi connectivity index (χ2n) is 8.10. The molecule has 2 N–H and O–H groups in total. The number of hydrogen-bond donors (Lipinski definition) is 1. The third-order valence-corrected chi connectivity index (χ3v) is 5.38. The van der Waals surface area contributed by atoms with Crippen LogP contribution in [0.5, 0.6) is 0 Å². The molecule has 0 bridgehead atoms.